The fourth-order valence-corrected chi connectivity index (χ4v) is 2.53. The van der Waals surface area contributed by atoms with Crippen LogP contribution in [-0.4, -0.2) is 43.7 Å². The molecule has 0 aliphatic carbocycles. The number of aliphatic imine (C=N–C) groups is 1. The van der Waals surface area contributed by atoms with Crippen molar-refractivity contribution in [2.45, 2.75) is 6.18 Å². The molecule has 0 atom stereocenters. The number of ether oxygens (including phenoxy) is 4. The predicted molar refractivity (Wildman–Crippen MR) is 107 cm³/mol. The number of nitrogens with zero attached hydrogens (tertiary/aromatic N) is 2. The Balaban J connectivity index is 2.39. The van der Waals surface area contributed by atoms with Gasteiger partial charge in [-0.05, 0) is 24.3 Å². The zero-order valence-corrected chi connectivity index (χ0v) is 17.6. The summed E-state index contributed by atoms with van der Waals surface area (Å²) in [7, 11) is 2.13. The van der Waals surface area contributed by atoms with Crippen LogP contribution in [0, 0.1) is 10.1 Å². The molecule has 33 heavy (non-hydrogen) atoms. The van der Waals surface area contributed by atoms with E-state index in [1.54, 1.807) is 0 Å². The van der Waals surface area contributed by atoms with Gasteiger partial charge in [-0.15, -0.1) is 4.99 Å². The van der Waals surface area contributed by atoms with Crippen LogP contribution >= 0.6 is 11.6 Å². The first-order valence-corrected chi connectivity index (χ1v) is 9.03. The van der Waals surface area contributed by atoms with Crippen LogP contribution in [0.3, 0.4) is 0 Å². The summed E-state index contributed by atoms with van der Waals surface area (Å²) >= 11 is 5.86. The second-order valence-electron chi connectivity index (χ2n) is 5.93. The van der Waals surface area contributed by atoms with Crippen LogP contribution in [0.2, 0.25) is 5.02 Å². The van der Waals surface area contributed by atoms with Crippen LogP contribution in [0.25, 0.3) is 0 Å². The molecule has 0 radical (unpaired) electrons. The Morgan fingerprint density at radius 3 is 2.36 bits per heavy atom. The Bertz CT molecular complexity index is 1100. The third kappa shape index (κ3) is 6.80. The van der Waals surface area contributed by atoms with E-state index < -0.39 is 46.9 Å². The molecule has 2 rings (SSSR count). The van der Waals surface area contributed by atoms with Crippen molar-refractivity contribution in [2.24, 2.45) is 4.99 Å². The van der Waals surface area contributed by atoms with Crippen molar-refractivity contribution in [3.63, 3.8) is 0 Å². The minimum absolute atomic E-state index is 0.0927. The van der Waals surface area contributed by atoms with Crippen LogP contribution in [0.15, 0.2) is 41.4 Å². The van der Waals surface area contributed by atoms with E-state index in [-0.39, 0.29) is 22.1 Å². The van der Waals surface area contributed by atoms with Gasteiger partial charge in [0, 0.05) is 12.1 Å². The van der Waals surface area contributed by atoms with Gasteiger partial charge in [0.2, 0.25) is 5.90 Å². The van der Waals surface area contributed by atoms with E-state index in [4.69, 9.17) is 21.1 Å². The smallest absolute Gasteiger partial charge is 0.437 e. The molecule has 0 fully saturated rings. The molecular formula is C19H14ClF3N2O8. The summed E-state index contributed by atoms with van der Waals surface area (Å²) in [5.41, 5.74) is -1.86. The first kappa shape index (κ1) is 25.4. The Morgan fingerprint density at radius 2 is 1.82 bits per heavy atom. The Hall–Kier alpha value is -3.87. The van der Waals surface area contributed by atoms with Crippen LogP contribution < -0.4 is 4.74 Å². The summed E-state index contributed by atoms with van der Waals surface area (Å²) in [4.78, 5) is 36.9. The summed E-state index contributed by atoms with van der Waals surface area (Å²) in [6.45, 7) is -0.756. The highest BCUT2D eigenvalue weighted by Crippen LogP contribution is 2.37. The van der Waals surface area contributed by atoms with E-state index >= 15 is 0 Å². The van der Waals surface area contributed by atoms with Gasteiger partial charge in [-0.3, -0.25) is 10.1 Å². The number of methoxy groups -OCH3 is 2. The van der Waals surface area contributed by atoms with E-state index in [2.05, 4.69) is 14.5 Å². The first-order valence-electron chi connectivity index (χ1n) is 8.66. The fraction of sp³-hybridized carbons (Fsp3) is 0.211. The number of hydrogen-bond acceptors (Lipinski definition) is 8. The highest BCUT2D eigenvalue weighted by molar-refractivity contribution is 6.32. The maximum atomic E-state index is 12.8. The highest BCUT2D eigenvalue weighted by Gasteiger charge is 2.31. The van der Waals surface area contributed by atoms with Crippen molar-refractivity contribution < 1.29 is 46.6 Å². The van der Waals surface area contributed by atoms with Crippen molar-refractivity contribution in [1.29, 1.82) is 0 Å². The second-order valence-corrected chi connectivity index (χ2v) is 6.34. The molecule has 14 heteroatoms. The number of carbonyl (C=O) groups is 2. The molecule has 0 aromatic heterocycles. The molecule has 0 bridgehead atoms. The maximum absolute atomic E-state index is 12.8. The Labute approximate surface area is 188 Å². The van der Waals surface area contributed by atoms with E-state index in [0.717, 1.165) is 44.6 Å². The molecule has 1 amide bonds. The number of rotatable bonds is 6. The number of hydrogen-bond donors (Lipinski definition) is 0. The zero-order valence-electron chi connectivity index (χ0n) is 16.8. The molecule has 0 spiro atoms. The quantitative estimate of drug-likeness (QED) is 0.186. The number of benzene rings is 2. The first-order chi connectivity index (χ1) is 15.5. The summed E-state index contributed by atoms with van der Waals surface area (Å²) < 4.78 is 57.6. The maximum Gasteiger partial charge on any atom is 0.437 e. The standard InChI is InChI=1S/C19H14ClF3N2O8/c1-30-16(26)9-32-18(27)24-17(31-2)12-8-11(4-5-14(12)25(28)29)33-15-6-3-10(7-13(15)20)19(21,22)23/h3-8H,9H2,1-2H3. The lowest BCUT2D eigenvalue weighted by atomic mass is 10.1. The normalized spacial score (nSPS) is 11.5. The highest BCUT2D eigenvalue weighted by atomic mass is 35.5. The lowest BCUT2D eigenvalue weighted by molar-refractivity contribution is -0.385. The van der Waals surface area contributed by atoms with Gasteiger partial charge in [-0.2, -0.15) is 13.2 Å². The number of nitro benzene ring substituents is 1. The number of esters is 1. The van der Waals surface area contributed by atoms with Gasteiger partial charge in [0.15, 0.2) is 6.61 Å². The second kappa shape index (κ2) is 10.6. The van der Waals surface area contributed by atoms with Crippen molar-refractivity contribution in [2.75, 3.05) is 20.8 Å². The van der Waals surface area contributed by atoms with Gasteiger partial charge in [0.25, 0.3) is 5.69 Å². The van der Waals surface area contributed by atoms with Crippen molar-refractivity contribution in [1.82, 2.24) is 0 Å². The van der Waals surface area contributed by atoms with Crippen molar-refractivity contribution >= 4 is 35.2 Å². The molecular weight excluding hydrogens is 477 g/mol. The number of alkyl halides is 3. The van der Waals surface area contributed by atoms with Gasteiger partial charge in [-0.1, -0.05) is 11.6 Å². The molecule has 2 aromatic carbocycles. The Morgan fingerprint density at radius 1 is 1.12 bits per heavy atom. The van der Waals surface area contributed by atoms with E-state index in [9.17, 15) is 32.9 Å². The summed E-state index contributed by atoms with van der Waals surface area (Å²) in [5, 5.41) is 11.0. The van der Waals surface area contributed by atoms with Crippen molar-refractivity contribution in [3.05, 3.63) is 62.7 Å². The summed E-state index contributed by atoms with van der Waals surface area (Å²) in [6, 6.07) is 5.58. The number of amides is 1. The van der Waals surface area contributed by atoms with Gasteiger partial charge >= 0.3 is 18.2 Å². The fourth-order valence-electron chi connectivity index (χ4n) is 2.31. The van der Waals surface area contributed by atoms with Gasteiger partial charge in [0.1, 0.15) is 17.1 Å². The number of nitro groups is 1. The molecule has 0 saturated heterocycles. The minimum Gasteiger partial charge on any atom is -0.480 e. The molecule has 2 aromatic rings. The number of carbonyl (C=O) groups excluding carboxylic acids is 2. The molecule has 176 valence electrons. The monoisotopic (exact) mass is 490 g/mol. The molecule has 0 heterocycles. The van der Waals surface area contributed by atoms with Gasteiger partial charge < -0.3 is 18.9 Å². The average molecular weight is 491 g/mol. The van der Waals surface area contributed by atoms with Gasteiger partial charge in [0.05, 0.1) is 29.7 Å². The molecule has 0 aliphatic heterocycles. The largest absolute Gasteiger partial charge is 0.480 e. The predicted octanol–water partition coefficient (Wildman–Crippen LogP) is 4.76. The van der Waals surface area contributed by atoms with Gasteiger partial charge in [-0.25, -0.2) is 9.59 Å². The van der Waals surface area contributed by atoms with Crippen molar-refractivity contribution in [3.8, 4) is 11.5 Å². The third-order valence-electron chi connectivity index (χ3n) is 3.81. The lowest BCUT2D eigenvalue weighted by Gasteiger charge is -2.12. The molecule has 0 saturated carbocycles. The SMILES string of the molecule is COC(=O)COC(=O)N=C(OC)c1cc(Oc2ccc(C(F)(F)F)cc2Cl)ccc1[N+](=O)[O-]. The molecule has 0 N–H and O–H groups in total. The molecule has 0 aliphatic rings. The summed E-state index contributed by atoms with van der Waals surface area (Å²) in [5.74, 6) is -1.68. The van der Waals surface area contributed by atoms with Crippen LogP contribution in [0.1, 0.15) is 11.1 Å². The lowest BCUT2D eigenvalue weighted by Crippen LogP contribution is -2.15. The molecule has 0 unspecified atom stereocenters. The Kier molecular flexibility index (Phi) is 8.18. The van der Waals surface area contributed by atoms with E-state index in [1.165, 1.54) is 0 Å². The summed E-state index contributed by atoms with van der Waals surface area (Å²) in [6.07, 6.45) is -5.92. The third-order valence-corrected chi connectivity index (χ3v) is 4.10. The molecule has 10 nitrogen and oxygen atoms in total. The van der Waals surface area contributed by atoms with Crippen LogP contribution in [-0.2, 0) is 25.2 Å². The topological polar surface area (TPSA) is 127 Å². The number of halogens is 4. The van der Waals surface area contributed by atoms with Crippen LogP contribution in [0.4, 0.5) is 23.7 Å². The zero-order chi connectivity index (χ0) is 24.8. The average Bonchev–Trinajstić information content (AvgIpc) is 2.76. The van der Waals surface area contributed by atoms with E-state index in [0.29, 0.717) is 6.07 Å². The minimum atomic E-state index is -4.62. The van der Waals surface area contributed by atoms with Crippen LogP contribution in [0.5, 0.6) is 11.5 Å². The van der Waals surface area contributed by atoms with E-state index in [1.807, 2.05) is 0 Å².